The van der Waals surface area contributed by atoms with Crippen LogP contribution in [0.3, 0.4) is 0 Å². The molecule has 0 bridgehead atoms. The number of nitrogens with zero attached hydrogens (tertiary/aromatic N) is 6. The summed E-state index contributed by atoms with van der Waals surface area (Å²) in [6.07, 6.45) is 9.53. The van der Waals surface area contributed by atoms with Crippen molar-refractivity contribution in [2.24, 2.45) is 0 Å². The molecule has 1 aliphatic rings. The van der Waals surface area contributed by atoms with Gasteiger partial charge in [0.2, 0.25) is 5.95 Å². The lowest BCUT2D eigenvalue weighted by molar-refractivity contribution is -0.0253. The molecule has 0 atom stereocenters. The van der Waals surface area contributed by atoms with Gasteiger partial charge in [0.25, 0.3) is 0 Å². The minimum atomic E-state index is -0.0268. The Bertz CT molecular complexity index is 1170. The average molecular weight is 392 g/mol. The highest BCUT2D eigenvalue weighted by molar-refractivity contribution is 5.86. The van der Waals surface area contributed by atoms with Gasteiger partial charge in [0, 0.05) is 37.2 Å². The monoisotopic (exact) mass is 392 g/mol. The predicted molar refractivity (Wildman–Crippen MR) is 111 cm³/mol. The van der Waals surface area contributed by atoms with Crippen molar-refractivity contribution in [2.75, 3.05) is 18.2 Å². The van der Waals surface area contributed by atoms with E-state index in [1.807, 2.05) is 30.6 Å². The molecule has 0 radical (unpaired) electrons. The van der Waals surface area contributed by atoms with E-state index in [0.717, 1.165) is 48.1 Å². The fourth-order valence-electron chi connectivity index (χ4n) is 4.04. The number of hydrogen-bond acceptors (Lipinski definition) is 7. The summed E-state index contributed by atoms with van der Waals surface area (Å²) in [5.74, 6) is 0.970. The number of hydrogen-bond donors (Lipinski definition) is 2. The first-order valence-corrected chi connectivity index (χ1v) is 9.82. The molecule has 4 heterocycles. The van der Waals surface area contributed by atoms with E-state index in [0.29, 0.717) is 17.8 Å². The van der Waals surface area contributed by atoms with Crippen molar-refractivity contribution in [1.82, 2.24) is 29.2 Å². The fourth-order valence-corrected chi connectivity index (χ4v) is 4.04. The van der Waals surface area contributed by atoms with Crippen LogP contribution < -0.4 is 11.1 Å². The molecule has 4 aromatic heterocycles. The molecule has 3 N–H and O–H groups in total. The summed E-state index contributed by atoms with van der Waals surface area (Å²) in [6, 6.07) is 6.05. The van der Waals surface area contributed by atoms with Gasteiger partial charge >= 0.3 is 0 Å². The van der Waals surface area contributed by atoms with Gasteiger partial charge in [-0.2, -0.15) is 10.1 Å². The molecule has 0 unspecified atom stereocenters. The van der Waals surface area contributed by atoms with Gasteiger partial charge in [0.05, 0.1) is 17.5 Å². The van der Waals surface area contributed by atoms with Crippen LogP contribution in [0.1, 0.15) is 32.6 Å². The Kier molecular flexibility index (Phi) is 4.13. The minimum absolute atomic E-state index is 0.0268. The maximum absolute atomic E-state index is 6.32. The van der Waals surface area contributed by atoms with Gasteiger partial charge in [-0.25, -0.2) is 14.0 Å². The molecule has 4 aromatic rings. The zero-order chi connectivity index (χ0) is 20.0. The molecular weight excluding hydrogens is 368 g/mol. The molecule has 0 amide bonds. The lowest BCUT2D eigenvalue weighted by atomic mass is 9.83. The maximum atomic E-state index is 6.32. The third-order valence-electron chi connectivity index (χ3n) is 5.94. The Morgan fingerprint density at radius 2 is 1.93 bits per heavy atom. The maximum Gasteiger partial charge on any atom is 0.243 e. The van der Waals surface area contributed by atoms with Crippen molar-refractivity contribution >= 4 is 22.9 Å². The lowest BCUT2D eigenvalue weighted by Gasteiger charge is -2.36. The normalized spacial score (nSPS) is 22.3. The average Bonchev–Trinajstić information content (AvgIpc) is 3.36. The molecule has 1 aliphatic carbocycles. The molecule has 0 spiro atoms. The predicted octanol–water partition coefficient (Wildman–Crippen LogP) is 2.78. The van der Waals surface area contributed by atoms with Gasteiger partial charge in [-0.3, -0.25) is 0 Å². The van der Waals surface area contributed by atoms with Gasteiger partial charge < -0.3 is 15.8 Å². The number of fused-ring (bicyclic) bond motifs is 2. The molecule has 9 heteroatoms. The Morgan fingerprint density at radius 3 is 2.72 bits per heavy atom. The van der Waals surface area contributed by atoms with Gasteiger partial charge in [-0.15, -0.1) is 5.10 Å². The first-order chi connectivity index (χ1) is 14.0. The Hall–Kier alpha value is -3.20. The van der Waals surface area contributed by atoms with E-state index >= 15 is 0 Å². The van der Waals surface area contributed by atoms with Crippen LogP contribution in [-0.2, 0) is 4.74 Å². The van der Waals surface area contributed by atoms with Crippen molar-refractivity contribution in [2.45, 2.75) is 44.2 Å². The lowest BCUT2D eigenvalue weighted by Crippen LogP contribution is -2.37. The van der Waals surface area contributed by atoms with Crippen molar-refractivity contribution in [3.63, 3.8) is 0 Å². The number of nitrogens with one attached hydrogen (secondary N) is 1. The molecule has 9 nitrogen and oxygen atoms in total. The summed E-state index contributed by atoms with van der Waals surface area (Å²) in [5, 5.41) is 12.2. The van der Waals surface area contributed by atoms with Gasteiger partial charge in [-0.1, -0.05) is 0 Å². The topological polar surface area (TPSA) is 108 Å². The van der Waals surface area contributed by atoms with Crippen LogP contribution in [0.25, 0.3) is 22.4 Å². The van der Waals surface area contributed by atoms with Crippen molar-refractivity contribution in [3.8, 4) is 11.3 Å². The van der Waals surface area contributed by atoms with E-state index in [9.17, 15) is 0 Å². The van der Waals surface area contributed by atoms with Crippen molar-refractivity contribution < 1.29 is 4.74 Å². The first kappa shape index (κ1) is 17.9. The van der Waals surface area contributed by atoms with Crippen LogP contribution in [-0.4, -0.2) is 47.9 Å². The summed E-state index contributed by atoms with van der Waals surface area (Å²) in [6.45, 7) is 2.17. The smallest absolute Gasteiger partial charge is 0.243 e. The highest BCUT2D eigenvalue weighted by Crippen LogP contribution is 2.32. The van der Waals surface area contributed by atoms with Gasteiger partial charge in [-0.05, 0) is 44.7 Å². The van der Waals surface area contributed by atoms with E-state index in [-0.39, 0.29) is 5.60 Å². The molecule has 150 valence electrons. The number of aromatic nitrogens is 6. The van der Waals surface area contributed by atoms with E-state index in [1.54, 1.807) is 22.3 Å². The second-order valence-corrected chi connectivity index (χ2v) is 7.86. The molecule has 1 saturated carbocycles. The summed E-state index contributed by atoms with van der Waals surface area (Å²) < 4.78 is 9.12. The molecular formula is C20H24N8O. The van der Waals surface area contributed by atoms with E-state index in [1.165, 1.54) is 0 Å². The van der Waals surface area contributed by atoms with Crippen LogP contribution in [0.15, 0.2) is 36.8 Å². The van der Waals surface area contributed by atoms with Crippen molar-refractivity contribution in [1.29, 1.82) is 0 Å². The van der Waals surface area contributed by atoms with E-state index in [2.05, 4.69) is 32.4 Å². The molecule has 1 fully saturated rings. The third-order valence-corrected chi connectivity index (χ3v) is 5.94. The zero-order valence-corrected chi connectivity index (χ0v) is 16.5. The second-order valence-electron chi connectivity index (χ2n) is 7.86. The largest absolute Gasteiger partial charge is 0.382 e. The number of rotatable bonds is 4. The molecule has 5 rings (SSSR count). The van der Waals surface area contributed by atoms with E-state index in [4.69, 9.17) is 10.5 Å². The molecule has 0 saturated heterocycles. The molecule has 0 aliphatic heterocycles. The van der Waals surface area contributed by atoms with Crippen LogP contribution in [0.4, 0.5) is 11.8 Å². The fraction of sp³-hybridized carbons (Fsp3) is 0.400. The second kappa shape index (κ2) is 6.70. The Labute approximate surface area is 167 Å². The Morgan fingerprint density at radius 1 is 1.14 bits per heavy atom. The summed E-state index contributed by atoms with van der Waals surface area (Å²) in [4.78, 5) is 9.18. The highest BCUT2D eigenvalue weighted by atomic mass is 16.5. The molecule has 29 heavy (non-hydrogen) atoms. The van der Waals surface area contributed by atoms with E-state index < -0.39 is 0 Å². The molecule has 0 aromatic carbocycles. The first-order valence-electron chi connectivity index (χ1n) is 9.82. The minimum Gasteiger partial charge on any atom is -0.382 e. The number of nitrogen functional groups attached to an aromatic ring is 1. The van der Waals surface area contributed by atoms with Gasteiger partial charge in [0.15, 0.2) is 11.5 Å². The summed E-state index contributed by atoms with van der Waals surface area (Å²) in [7, 11) is 1.79. The van der Waals surface area contributed by atoms with Crippen molar-refractivity contribution in [3.05, 3.63) is 36.8 Å². The van der Waals surface area contributed by atoms with Crippen LogP contribution >= 0.6 is 0 Å². The van der Waals surface area contributed by atoms with Crippen LogP contribution in [0, 0.1) is 0 Å². The quantitative estimate of drug-likeness (QED) is 0.550. The Balaban J connectivity index is 1.43. The number of methoxy groups -OCH3 is 1. The SMILES string of the molecule is COC1(C)CCC(Nc2nc(N)c3c(-c4ccn5nccc5n4)ccn3n2)CC1. The number of ether oxygens (including phenoxy) is 1. The summed E-state index contributed by atoms with van der Waals surface area (Å²) >= 11 is 0. The van der Waals surface area contributed by atoms with Crippen LogP contribution in [0.2, 0.25) is 0 Å². The highest BCUT2D eigenvalue weighted by Gasteiger charge is 2.31. The van der Waals surface area contributed by atoms with Crippen LogP contribution in [0.5, 0.6) is 0 Å². The number of anilines is 2. The zero-order valence-electron chi connectivity index (χ0n) is 16.5. The van der Waals surface area contributed by atoms with Gasteiger partial charge in [0.1, 0.15) is 5.52 Å². The number of nitrogens with two attached hydrogens (primary N) is 1. The third kappa shape index (κ3) is 3.17. The summed E-state index contributed by atoms with van der Waals surface area (Å²) in [5.41, 5.74) is 9.53. The standard InChI is InChI=1S/C20H24N8O/c1-20(29-2)8-3-13(4-9-20)23-19-25-18(21)17-14(6-11-28(17)26-19)15-7-12-27-16(24-15)5-10-22-27/h5-7,10-13H,3-4,8-9H2,1-2H3,(H3,21,23,25,26).